The van der Waals surface area contributed by atoms with Crippen molar-refractivity contribution in [1.29, 1.82) is 0 Å². The second-order valence-electron chi connectivity index (χ2n) is 6.37. The molecule has 1 heterocycles. The van der Waals surface area contributed by atoms with Crippen LogP contribution in [0.5, 0.6) is 17.2 Å². The van der Waals surface area contributed by atoms with E-state index in [2.05, 4.69) is 10.3 Å². The molecule has 1 aromatic heterocycles. The van der Waals surface area contributed by atoms with Crippen molar-refractivity contribution in [2.45, 2.75) is 13.0 Å². The van der Waals surface area contributed by atoms with Gasteiger partial charge < -0.3 is 24.3 Å². The van der Waals surface area contributed by atoms with Gasteiger partial charge in [0.1, 0.15) is 10.8 Å². The first-order valence-corrected chi connectivity index (χ1v) is 10.2. The predicted molar refractivity (Wildman–Crippen MR) is 117 cm³/mol. The summed E-state index contributed by atoms with van der Waals surface area (Å²) in [7, 11) is 4.62. The molecule has 1 atom stereocenters. The number of nitrogens with one attached hydrogen (secondary N) is 1. The second kappa shape index (κ2) is 9.94. The monoisotopic (exact) mass is 442 g/mol. The Labute approximate surface area is 183 Å². The van der Waals surface area contributed by atoms with E-state index in [4.69, 9.17) is 18.9 Å². The molecule has 0 saturated carbocycles. The number of ether oxygens (including phenoxy) is 4. The molecular weight excluding hydrogens is 420 g/mol. The van der Waals surface area contributed by atoms with E-state index in [9.17, 15) is 9.59 Å². The summed E-state index contributed by atoms with van der Waals surface area (Å²) in [5.41, 5.74) is 1.48. The third-order valence-corrected chi connectivity index (χ3v) is 5.25. The average Bonchev–Trinajstić information content (AvgIpc) is 3.29. The molecule has 162 valence electrons. The maximum absolute atomic E-state index is 12.4. The molecule has 1 unspecified atom stereocenters. The second-order valence-corrected chi connectivity index (χ2v) is 7.23. The summed E-state index contributed by atoms with van der Waals surface area (Å²) >= 11 is 1.31. The van der Waals surface area contributed by atoms with Gasteiger partial charge in [0.2, 0.25) is 0 Å². The van der Waals surface area contributed by atoms with Gasteiger partial charge in [0.15, 0.2) is 23.3 Å². The van der Waals surface area contributed by atoms with Crippen LogP contribution in [0, 0.1) is 0 Å². The summed E-state index contributed by atoms with van der Waals surface area (Å²) in [5, 5.41) is 4.95. The number of esters is 1. The number of hydrogen-bond donors (Lipinski definition) is 1. The number of nitrogens with zero attached hydrogens (tertiary/aromatic N) is 1. The third kappa shape index (κ3) is 5.32. The summed E-state index contributed by atoms with van der Waals surface area (Å²) in [6, 6.07) is 12.3. The number of methoxy groups -OCH3 is 3. The molecule has 0 saturated heterocycles. The minimum absolute atomic E-state index is 0.140. The van der Waals surface area contributed by atoms with Gasteiger partial charge in [-0.25, -0.2) is 9.78 Å². The van der Waals surface area contributed by atoms with Crippen LogP contribution in [-0.2, 0) is 9.53 Å². The highest BCUT2D eigenvalue weighted by Crippen LogP contribution is 2.30. The summed E-state index contributed by atoms with van der Waals surface area (Å²) in [6.45, 7) is 1.49. The zero-order chi connectivity index (χ0) is 22.4. The van der Waals surface area contributed by atoms with Crippen molar-refractivity contribution < 1.29 is 28.5 Å². The lowest BCUT2D eigenvalue weighted by atomic mass is 10.2. The lowest BCUT2D eigenvalue weighted by molar-refractivity contribution is -0.123. The van der Waals surface area contributed by atoms with Crippen molar-refractivity contribution in [2.75, 3.05) is 26.6 Å². The molecule has 0 aliphatic carbocycles. The maximum Gasteiger partial charge on any atom is 0.358 e. The van der Waals surface area contributed by atoms with E-state index in [1.54, 1.807) is 30.7 Å². The van der Waals surface area contributed by atoms with E-state index in [1.807, 2.05) is 24.3 Å². The van der Waals surface area contributed by atoms with Gasteiger partial charge in [-0.2, -0.15) is 0 Å². The molecule has 1 N–H and O–H groups in total. The Morgan fingerprint density at radius 2 is 1.68 bits per heavy atom. The van der Waals surface area contributed by atoms with Crippen LogP contribution < -0.4 is 19.5 Å². The van der Waals surface area contributed by atoms with E-state index in [-0.39, 0.29) is 5.69 Å². The Kier molecular flexibility index (Phi) is 7.09. The highest BCUT2D eigenvalue weighted by Gasteiger charge is 2.21. The molecule has 2 aromatic carbocycles. The van der Waals surface area contributed by atoms with Crippen LogP contribution in [0.25, 0.3) is 10.6 Å². The molecule has 3 rings (SSSR count). The van der Waals surface area contributed by atoms with E-state index >= 15 is 0 Å². The van der Waals surface area contributed by atoms with E-state index in [0.717, 1.165) is 11.3 Å². The molecule has 0 aliphatic heterocycles. The summed E-state index contributed by atoms with van der Waals surface area (Å²) in [5.74, 6) is 0.584. The van der Waals surface area contributed by atoms with Crippen molar-refractivity contribution in [3.05, 3.63) is 53.5 Å². The molecule has 0 bridgehead atoms. The zero-order valence-corrected chi connectivity index (χ0v) is 18.3. The van der Waals surface area contributed by atoms with Crippen molar-refractivity contribution in [3.63, 3.8) is 0 Å². The summed E-state index contributed by atoms with van der Waals surface area (Å²) in [6.07, 6.45) is -1.02. The molecule has 3 aromatic rings. The normalized spacial score (nSPS) is 11.4. The fourth-order valence-corrected chi connectivity index (χ4v) is 3.46. The molecule has 0 aliphatic rings. The topological polar surface area (TPSA) is 96.0 Å². The Morgan fingerprint density at radius 1 is 0.968 bits per heavy atom. The molecule has 0 radical (unpaired) electrons. The van der Waals surface area contributed by atoms with E-state index in [1.165, 1.54) is 32.5 Å². The minimum Gasteiger partial charge on any atom is -0.497 e. The zero-order valence-electron chi connectivity index (χ0n) is 17.5. The SMILES string of the molecule is COc1ccc(-c2nc(C(=O)OC(C)C(=O)Nc3ccc(OC)c(OC)c3)cs2)cc1. The van der Waals surface area contributed by atoms with Gasteiger partial charge in [-0.1, -0.05) is 0 Å². The summed E-state index contributed by atoms with van der Waals surface area (Å²) in [4.78, 5) is 29.2. The van der Waals surface area contributed by atoms with Crippen LogP contribution in [0.1, 0.15) is 17.4 Å². The lowest BCUT2D eigenvalue weighted by Gasteiger charge is -2.14. The number of anilines is 1. The van der Waals surface area contributed by atoms with Crippen LogP contribution in [0.4, 0.5) is 5.69 Å². The standard InChI is InChI=1S/C22H22N2O6S/c1-13(20(25)23-15-7-10-18(28-3)19(11-15)29-4)30-22(26)17-12-31-21(24-17)14-5-8-16(27-2)9-6-14/h5-13H,1-4H3,(H,23,25). The minimum atomic E-state index is -1.02. The molecular formula is C22H22N2O6S. The molecule has 0 spiro atoms. The number of aromatic nitrogens is 1. The Bertz CT molecular complexity index is 1060. The van der Waals surface area contributed by atoms with Gasteiger partial charge in [0.05, 0.1) is 21.3 Å². The van der Waals surface area contributed by atoms with Gasteiger partial charge >= 0.3 is 5.97 Å². The number of carbonyl (C=O) groups is 2. The van der Waals surface area contributed by atoms with Crippen LogP contribution in [0.15, 0.2) is 47.8 Å². The van der Waals surface area contributed by atoms with Gasteiger partial charge in [0, 0.05) is 22.7 Å². The number of carbonyl (C=O) groups excluding carboxylic acids is 2. The van der Waals surface area contributed by atoms with Crippen molar-refractivity contribution in [1.82, 2.24) is 4.98 Å². The van der Waals surface area contributed by atoms with Crippen LogP contribution in [-0.4, -0.2) is 44.3 Å². The highest BCUT2D eigenvalue weighted by molar-refractivity contribution is 7.13. The first-order chi connectivity index (χ1) is 14.9. The smallest absolute Gasteiger partial charge is 0.358 e. The summed E-state index contributed by atoms with van der Waals surface area (Å²) < 4.78 is 20.8. The average molecular weight is 442 g/mol. The van der Waals surface area contributed by atoms with Gasteiger partial charge in [-0.05, 0) is 43.3 Å². The molecule has 31 heavy (non-hydrogen) atoms. The van der Waals surface area contributed by atoms with E-state index in [0.29, 0.717) is 22.2 Å². The highest BCUT2D eigenvalue weighted by atomic mass is 32.1. The number of thiazole rings is 1. The predicted octanol–water partition coefficient (Wildman–Crippen LogP) is 4.02. The van der Waals surface area contributed by atoms with E-state index < -0.39 is 18.0 Å². The first kappa shape index (κ1) is 22.1. The third-order valence-electron chi connectivity index (χ3n) is 4.35. The van der Waals surface area contributed by atoms with Crippen LogP contribution in [0.2, 0.25) is 0 Å². The van der Waals surface area contributed by atoms with Gasteiger partial charge in [0.25, 0.3) is 5.91 Å². The van der Waals surface area contributed by atoms with Crippen molar-refractivity contribution >= 4 is 28.9 Å². The molecule has 0 fully saturated rings. The Hall–Kier alpha value is -3.59. The van der Waals surface area contributed by atoms with Crippen LogP contribution in [0.3, 0.4) is 0 Å². The fraction of sp³-hybridized carbons (Fsp3) is 0.227. The largest absolute Gasteiger partial charge is 0.497 e. The lowest BCUT2D eigenvalue weighted by Crippen LogP contribution is -2.30. The van der Waals surface area contributed by atoms with Gasteiger partial charge in [-0.3, -0.25) is 4.79 Å². The van der Waals surface area contributed by atoms with Crippen LogP contribution >= 0.6 is 11.3 Å². The molecule has 8 nitrogen and oxygen atoms in total. The molecule has 1 amide bonds. The number of hydrogen-bond acceptors (Lipinski definition) is 8. The Balaban J connectivity index is 1.62. The number of benzene rings is 2. The van der Waals surface area contributed by atoms with Gasteiger partial charge in [-0.15, -0.1) is 11.3 Å². The fourth-order valence-electron chi connectivity index (χ4n) is 2.67. The van der Waals surface area contributed by atoms with Crippen molar-refractivity contribution in [2.24, 2.45) is 0 Å². The quantitative estimate of drug-likeness (QED) is 0.526. The first-order valence-electron chi connectivity index (χ1n) is 9.29. The Morgan fingerprint density at radius 3 is 2.32 bits per heavy atom. The number of amides is 1. The maximum atomic E-state index is 12.4. The molecule has 9 heteroatoms. The van der Waals surface area contributed by atoms with Crippen molar-refractivity contribution in [3.8, 4) is 27.8 Å². The number of rotatable bonds is 8.